The highest BCUT2D eigenvalue weighted by Crippen LogP contribution is 2.30. The number of piperidine rings is 1. The van der Waals surface area contributed by atoms with Crippen LogP contribution in [0.2, 0.25) is 5.02 Å². The summed E-state index contributed by atoms with van der Waals surface area (Å²) in [4.78, 5) is 10.9. The molecule has 1 N–H and O–H groups in total. The van der Waals surface area contributed by atoms with Crippen molar-refractivity contribution in [3.8, 4) is 0 Å². The number of hydrogen-bond donors (Lipinski definition) is 1. The van der Waals surface area contributed by atoms with Crippen LogP contribution in [0.15, 0.2) is 6.20 Å². The first kappa shape index (κ1) is 12.4. The van der Waals surface area contributed by atoms with Crippen LogP contribution in [-0.4, -0.2) is 29.6 Å². The fourth-order valence-corrected chi connectivity index (χ4v) is 2.58. The Labute approximate surface area is 107 Å². The number of rotatable bonds is 3. The van der Waals surface area contributed by atoms with E-state index in [1.165, 1.54) is 19.3 Å². The van der Waals surface area contributed by atoms with E-state index in [4.69, 9.17) is 11.6 Å². The summed E-state index contributed by atoms with van der Waals surface area (Å²) in [5.74, 6) is 1.50. The maximum atomic E-state index is 6.21. The second-order valence-corrected chi connectivity index (χ2v) is 4.77. The Hall–Kier alpha value is -1.03. The zero-order valence-corrected chi connectivity index (χ0v) is 11.2. The van der Waals surface area contributed by atoms with Crippen LogP contribution in [0.4, 0.5) is 11.8 Å². The van der Waals surface area contributed by atoms with E-state index in [1.807, 2.05) is 7.05 Å². The Morgan fingerprint density at radius 2 is 2.35 bits per heavy atom. The third kappa shape index (κ3) is 2.63. The minimum atomic E-state index is 0.556. The summed E-state index contributed by atoms with van der Waals surface area (Å²) in [6.07, 6.45) is 6.56. The number of anilines is 2. The van der Waals surface area contributed by atoms with Crippen LogP contribution < -0.4 is 10.2 Å². The Bertz CT molecular complexity index is 383. The monoisotopic (exact) mass is 254 g/mol. The summed E-state index contributed by atoms with van der Waals surface area (Å²) in [6.45, 7) is 3.26. The van der Waals surface area contributed by atoms with Crippen molar-refractivity contribution in [1.82, 2.24) is 9.97 Å². The van der Waals surface area contributed by atoms with Gasteiger partial charge in [-0.15, -0.1) is 0 Å². The average molecular weight is 255 g/mol. The van der Waals surface area contributed by atoms with Gasteiger partial charge < -0.3 is 10.2 Å². The highest BCUT2D eigenvalue weighted by atomic mass is 35.5. The van der Waals surface area contributed by atoms with Crippen LogP contribution in [0.25, 0.3) is 0 Å². The van der Waals surface area contributed by atoms with E-state index < -0.39 is 0 Å². The molecule has 1 unspecified atom stereocenters. The van der Waals surface area contributed by atoms with Crippen molar-refractivity contribution < 1.29 is 0 Å². The van der Waals surface area contributed by atoms with Crippen LogP contribution >= 0.6 is 11.6 Å². The first-order chi connectivity index (χ1) is 8.26. The second kappa shape index (κ2) is 5.54. The van der Waals surface area contributed by atoms with Crippen molar-refractivity contribution in [1.29, 1.82) is 0 Å². The molecule has 5 heteroatoms. The van der Waals surface area contributed by atoms with Crippen LogP contribution in [0.5, 0.6) is 0 Å². The molecule has 0 amide bonds. The van der Waals surface area contributed by atoms with Crippen molar-refractivity contribution >= 4 is 23.4 Å². The predicted molar refractivity (Wildman–Crippen MR) is 71.9 cm³/mol. The minimum Gasteiger partial charge on any atom is -0.357 e. The Morgan fingerprint density at radius 1 is 1.53 bits per heavy atom. The minimum absolute atomic E-state index is 0.556. The van der Waals surface area contributed by atoms with Gasteiger partial charge in [0.05, 0.1) is 6.20 Å². The van der Waals surface area contributed by atoms with E-state index in [2.05, 4.69) is 27.1 Å². The highest BCUT2D eigenvalue weighted by molar-refractivity contribution is 6.32. The molecule has 94 valence electrons. The molecule has 1 saturated heterocycles. The van der Waals surface area contributed by atoms with E-state index in [1.54, 1.807) is 6.20 Å². The number of aromatic nitrogens is 2. The highest BCUT2D eigenvalue weighted by Gasteiger charge is 2.24. The molecule has 1 aromatic rings. The third-order valence-corrected chi connectivity index (χ3v) is 3.59. The van der Waals surface area contributed by atoms with Gasteiger partial charge >= 0.3 is 0 Å². The van der Waals surface area contributed by atoms with Gasteiger partial charge in [-0.1, -0.05) is 18.5 Å². The topological polar surface area (TPSA) is 41.1 Å². The smallest absolute Gasteiger partial charge is 0.224 e. The maximum Gasteiger partial charge on any atom is 0.224 e. The molecule has 1 atom stereocenters. The third-order valence-electron chi connectivity index (χ3n) is 3.32. The van der Waals surface area contributed by atoms with Crippen molar-refractivity contribution in [3.63, 3.8) is 0 Å². The van der Waals surface area contributed by atoms with E-state index in [0.29, 0.717) is 17.0 Å². The lowest BCUT2D eigenvalue weighted by atomic mass is 10.0. The summed E-state index contributed by atoms with van der Waals surface area (Å²) in [6, 6.07) is 0.556. The largest absolute Gasteiger partial charge is 0.357 e. The number of halogens is 1. The van der Waals surface area contributed by atoms with E-state index in [-0.39, 0.29) is 0 Å². The molecular weight excluding hydrogens is 236 g/mol. The number of nitrogens with one attached hydrogen (secondary N) is 1. The molecule has 2 heterocycles. The van der Waals surface area contributed by atoms with Crippen molar-refractivity contribution in [2.45, 2.75) is 38.6 Å². The van der Waals surface area contributed by atoms with Crippen molar-refractivity contribution in [3.05, 3.63) is 11.2 Å². The first-order valence-corrected chi connectivity index (χ1v) is 6.61. The molecule has 0 radical (unpaired) electrons. The van der Waals surface area contributed by atoms with Gasteiger partial charge in [0.1, 0.15) is 5.02 Å². The Kier molecular flexibility index (Phi) is 4.05. The summed E-state index contributed by atoms with van der Waals surface area (Å²) < 4.78 is 0. The Balaban J connectivity index is 2.30. The molecule has 0 saturated carbocycles. The van der Waals surface area contributed by atoms with Gasteiger partial charge in [0.25, 0.3) is 0 Å². The molecule has 4 nitrogen and oxygen atoms in total. The molecule has 0 bridgehead atoms. The fraction of sp³-hybridized carbons (Fsp3) is 0.667. The van der Waals surface area contributed by atoms with Gasteiger partial charge in [0.15, 0.2) is 5.82 Å². The normalized spacial score (nSPS) is 20.4. The number of nitrogens with zero attached hydrogens (tertiary/aromatic N) is 3. The second-order valence-electron chi connectivity index (χ2n) is 4.37. The van der Waals surface area contributed by atoms with Gasteiger partial charge in [-0.05, 0) is 25.7 Å². The Morgan fingerprint density at radius 3 is 3.06 bits per heavy atom. The molecule has 0 aliphatic carbocycles. The van der Waals surface area contributed by atoms with Crippen LogP contribution in [-0.2, 0) is 0 Å². The summed E-state index contributed by atoms with van der Waals surface area (Å²) >= 11 is 6.21. The average Bonchev–Trinajstić information content (AvgIpc) is 2.39. The summed E-state index contributed by atoms with van der Waals surface area (Å²) in [5.41, 5.74) is 0. The molecule has 2 rings (SSSR count). The SMILES string of the molecule is CCC1CCCCN1c1nc(NC)ncc1Cl. The van der Waals surface area contributed by atoms with E-state index in [9.17, 15) is 0 Å². The van der Waals surface area contributed by atoms with Crippen molar-refractivity contribution in [2.75, 3.05) is 23.8 Å². The van der Waals surface area contributed by atoms with Gasteiger partial charge in [0.2, 0.25) is 5.95 Å². The molecule has 1 aromatic heterocycles. The molecule has 1 aliphatic rings. The lowest BCUT2D eigenvalue weighted by molar-refractivity contribution is 0.447. The standard InChI is InChI=1S/C12H19ClN4/c1-3-9-6-4-5-7-17(9)11-10(13)8-15-12(14-2)16-11/h8-9H,3-7H2,1-2H3,(H,14,15,16). The molecular formula is C12H19ClN4. The van der Waals surface area contributed by atoms with Crippen molar-refractivity contribution in [2.24, 2.45) is 0 Å². The zero-order valence-electron chi connectivity index (χ0n) is 10.4. The van der Waals surface area contributed by atoms with Gasteiger partial charge in [-0.2, -0.15) is 4.98 Å². The maximum absolute atomic E-state index is 6.21. The summed E-state index contributed by atoms with van der Waals surface area (Å²) in [7, 11) is 1.82. The molecule has 1 fully saturated rings. The number of hydrogen-bond acceptors (Lipinski definition) is 4. The van der Waals surface area contributed by atoms with Crippen LogP contribution in [0, 0.1) is 0 Å². The molecule has 1 aliphatic heterocycles. The van der Waals surface area contributed by atoms with Gasteiger partial charge in [-0.3, -0.25) is 0 Å². The molecule has 0 aromatic carbocycles. The quantitative estimate of drug-likeness (QED) is 0.901. The lowest BCUT2D eigenvalue weighted by Crippen LogP contribution is -2.40. The first-order valence-electron chi connectivity index (χ1n) is 6.23. The van der Waals surface area contributed by atoms with Gasteiger partial charge in [-0.25, -0.2) is 4.98 Å². The predicted octanol–water partition coefficient (Wildman–Crippen LogP) is 2.94. The fourth-order valence-electron chi connectivity index (χ4n) is 2.38. The van der Waals surface area contributed by atoms with Gasteiger partial charge in [0, 0.05) is 19.6 Å². The van der Waals surface area contributed by atoms with Crippen LogP contribution in [0.1, 0.15) is 32.6 Å². The molecule has 17 heavy (non-hydrogen) atoms. The van der Waals surface area contributed by atoms with E-state index >= 15 is 0 Å². The zero-order chi connectivity index (χ0) is 12.3. The molecule has 0 spiro atoms. The summed E-state index contributed by atoms with van der Waals surface area (Å²) in [5, 5.41) is 3.60. The lowest BCUT2D eigenvalue weighted by Gasteiger charge is -2.36. The van der Waals surface area contributed by atoms with E-state index in [0.717, 1.165) is 18.8 Å². The van der Waals surface area contributed by atoms with Crippen LogP contribution in [0.3, 0.4) is 0 Å².